The molecule has 29 heavy (non-hydrogen) atoms. The van der Waals surface area contributed by atoms with Gasteiger partial charge in [0.25, 0.3) is 0 Å². The molecular formula is C15H41N3O7Si4. The number of rotatable bonds is 11. The summed E-state index contributed by atoms with van der Waals surface area (Å²) in [7, 11) is -9.85. The van der Waals surface area contributed by atoms with Gasteiger partial charge in [-0.1, -0.05) is 34.6 Å². The molecule has 0 aliphatic carbocycles. The maximum absolute atomic E-state index is 6.54. The van der Waals surface area contributed by atoms with Crippen molar-refractivity contribution in [1.82, 2.24) is 15.2 Å². The first-order valence-corrected chi connectivity index (χ1v) is 19.3. The minimum atomic E-state index is -3.71. The zero-order valence-electron chi connectivity index (χ0n) is 19.8. The van der Waals surface area contributed by atoms with E-state index < -0.39 is 35.7 Å². The molecule has 1 saturated heterocycles. The summed E-state index contributed by atoms with van der Waals surface area (Å²) >= 11 is 0. The summed E-state index contributed by atoms with van der Waals surface area (Å²) in [5.74, 6) is 0. The van der Waals surface area contributed by atoms with Gasteiger partial charge in [-0.25, -0.2) is 0 Å². The normalized spacial score (nSPS) is 30.7. The van der Waals surface area contributed by atoms with Crippen LogP contribution in [0.2, 0.25) is 26.2 Å². The van der Waals surface area contributed by atoms with Crippen molar-refractivity contribution in [2.24, 2.45) is 0 Å². The lowest BCUT2D eigenvalue weighted by molar-refractivity contribution is -0.200. The molecule has 3 unspecified atom stereocenters. The van der Waals surface area contributed by atoms with E-state index in [0.29, 0.717) is 32.7 Å². The summed E-state index contributed by atoms with van der Waals surface area (Å²) in [6.45, 7) is 21.1. The number of hydrogen-bond donors (Lipinski definition) is 0. The molecule has 174 valence electrons. The van der Waals surface area contributed by atoms with Crippen molar-refractivity contribution in [3.63, 3.8) is 0 Å². The van der Waals surface area contributed by atoms with Crippen molar-refractivity contribution < 1.29 is 30.0 Å². The molecule has 0 aromatic carbocycles. The summed E-state index contributed by atoms with van der Waals surface area (Å²) < 4.78 is 44.3. The number of nitrogens with zero attached hydrogens (tertiary/aromatic N) is 3. The summed E-state index contributed by atoms with van der Waals surface area (Å²) in [6, 6.07) is 0. The van der Waals surface area contributed by atoms with Crippen molar-refractivity contribution in [2.45, 2.75) is 60.8 Å². The molecule has 1 aliphatic heterocycles. The van der Waals surface area contributed by atoms with Crippen molar-refractivity contribution in [1.29, 1.82) is 0 Å². The summed E-state index contributed by atoms with van der Waals surface area (Å²) in [5, 5.41) is 5.25. The van der Waals surface area contributed by atoms with Gasteiger partial charge < -0.3 is 16.5 Å². The van der Waals surface area contributed by atoms with E-state index in [9.17, 15) is 0 Å². The van der Waals surface area contributed by atoms with Gasteiger partial charge in [0, 0.05) is 46.3 Å². The SMILES string of the molecule is CCN(C)O[Si]1(ON(CC)CC)O[SiH](C)O[Si](C)(C)O[Si](C)(ON(CC)CC)O1. The average molecular weight is 488 g/mol. The first-order chi connectivity index (χ1) is 13.5. The third-order valence-corrected chi connectivity index (χ3v) is 17.8. The Labute approximate surface area is 181 Å². The monoisotopic (exact) mass is 487 g/mol. The van der Waals surface area contributed by atoms with Crippen LogP contribution >= 0.6 is 0 Å². The van der Waals surface area contributed by atoms with Gasteiger partial charge in [-0.15, -0.1) is 0 Å². The van der Waals surface area contributed by atoms with Crippen LogP contribution in [0, 0.1) is 0 Å². The van der Waals surface area contributed by atoms with Crippen LogP contribution in [0.3, 0.4) is 0 Å². The van der Waals surface area contributed by atoms with Crippen LogP contribution in [0.4, 0.5) is 0 Å². The largest absolute Gasteiger partial charge is 0.697 e. The highest BCUT2D eigenvalue weighted by molar-refractivity contribution is 6.85. The molecule has 14 heteroatoms. The maximum Gasteiger partial charge on any atom is 0.697 e. The summed E-state index contributed by atoms with van der Waals surface area (Å²) in [5.41, 5.74) is 0. The first-order valence-electron chi connectivity index (χ1n) is 10.5. The molecule has 0 amide bonds. The first kappa shape index (κ1) is 27.5. The lowest BCUT2D eigenvalue weighted by Gasteiger charge is -2.45. The molecule has 0 spiro atoms. The fourth-order valence-corrected chi connectivity index (χ4v) is 18.3. The zero-order chi connectivity index (χ0) is 22.3. The van der Waals surface area contributed by atoms with Crippen LogP contribution in [0.5, 0.6) is 0 Å². The van der Waals surface area contributed by atoms with E-state index in [2.05, 4.69) is 0 Å². The number of hydrogen-bond acceptors (Lipinski definition) is 10. The van der Waals surface area contributed by atoms with Crippen LogP contribution in [0.25, 0.3) is 0 Å². The van der Waals surface area contributed by atoms with Gasteiger partial charge >= 0.3 is 35.7 Å². The molecule has 1 fully saturated rings. The molecule has 1 heterocycles. The molecule has 0 aromatic rings. The Hall–Kier alpha value is 0.468. The summed E-state index contributed by atoms with van der Waals surface area (Å²) in [4.78, 5) is 0. The Morgan fingerprint density at radius 3 is 1.72 bits per heavy atom. The van der Waals surface area contributed by atoms with Crippen molar-refractivity contribution in [3.05, 3.63) is 0 Å². The van der Waals surface area contributed by atoms with Crippen molar-refractivity contribution >= 4 is 35.7 Å². The molecule has 1 rings (SSSR count). The molecule has 10 nitrogen and oxygen atoms in total. The highest BCUT2D eigenvalue weighted by atomic mass is 28.5. The smallest absolute Gasteiger partial charge is 0.418 e. The van der Waals surface area contributed by atoms with Gasteiger partial charge in [-0.3, -0.25) is 13.6 Å². The van der Waals surface area contributed by atoms with E-state index in [-0.39, 0.29) is 0 Å². The Morgan fingerprint density at radius 1 is 0.724 bits per heavy atom. The molecule has 0 N–H and O–H groups in total. The van der Waals surface area contributed by atoms with E-state index in [0.717, 1.165) is 0 Å². The minimum Gasteiger partial charge on any atom is -0.418 e. The van der Waals surface area contributed by atoms with Crippen LogP contribution in [0.1, 0.15) is 34.6 Å². The Bertz CT molecular complexity index is 491. The lowest BCUT2D eigenvalue weighted by atomic mass is 10.6. The van der Waals surface area contributed by atoms with Crippen LogP contribution in [-0.4, -0.2) is 90.7 Å². The van der Waals surface area contributed by atoms with Crippen LogP contribution in [0.15, 0.2) is 0 Å². The van der Waals surface area contributed by atoms with E-state index in [1.165, 1.54) is 0 Å². The fourth-order valence-electron chi connectivity index (χ4n) is 2.86. The predicted octanol–water partition coefficient (Wildman–Crippen LogP) is 2.05. The minimum absolute atomic E-state index is 0.635. The van der Waals surface area contributed by atoms with Gasteiger partial charge in [0.1, 0.15) is 0 Å². The van der Waals surface area contributed by atoms with Crippen molar-refractivity contribution in [3.8, 4) is 0 Å². The van der Waals surface area contributed by atoms with Gasteiger partial charge in [0.15, 0.2) is 0 Å². The Morgan fingerprint density at radius 2 is 1.24 bits per heavy atom. The molecule has 0 saturated carbocycles. The van der Waals surface area contributed by atoms with E-state index >= 15 is 0 Å². The fraction of sp³-hybridized carbons (Fsp3) is 1.00. The van der Waals surface area contributed by atoms with E-state index in [1.807, 2.05) is 72.9 Å². The topological polar surface area (TPSA) is 74.3 Å². The Kier molecular flexibility index (Phi) is 11.3. The highest BCUT2D eigenvalue weighted by Gasteiger charge is 2.62. The third-order valence-electron chi connectivity index (χ3n) is 4.16. The van der Waals surface area contributed by atoms with Crippen LogP contribution in [-0.2, 0) is 30.0 Å². The third kappa shape index (κ3) is 8.85. The quantitative estimate of drug-likeness (QED) is 0.319. The summed E-state index contributed by atoms with van der Waals surface area (Å²) in [6.07, 6.45) is 0. The number of hydroxylamine groups is 6. The molecule has 0 bridgehead atoms. The average Bonchev–Trinajstić information content (AvgIpc) is 2.61. The maximum atomic E-state index is 6.54. The molecule has 3 atom stereocenters. The van der Waals surface area contributed by atoms with Gasteiger partial charge in [-0.05, 0) is 19.6 Å². The molecule has 1 aliphatic rings. The molecular weight excluding hydrogens is 447 g/mol. The Balaban J connectivity index is 3.36. The van der Waals surface area contributed by atoms with Gasteiger partial charge in [-0.2, -0.15) is 15.2 Å². The second-order valence-electron chi connectivity index (χ2n) is 7.22. The molecule has 0 radical (unpaired) electrons. The lowest BCUT2D eigenvalue weighted by Crippen LogP contribution is -2.69. The zero-order valence-corrected chi connectivity index (χ0v) is 24.0. The highest BCUT2D eigenvalue weighted by Crippen LogP contribution is 2.30. The predicted molar refractivity (Wildman–Crippen MR) is 120 cm³/mol. The van der Waals surface area contributed by atoms with Crippen molar-refractivity contribution in [2.75, 3.05) is 39.8 Å². The second kappa shape index (κ2) is 11.9. The van der Waals surface area contributed by atoms with Gasteiger partial charge in [0.05, 0.1) is 0 Å². The van der Waals surface area contributed by atoms with E-state index in [4.69, 9.17) is 30.0 Å². The molecule has 0 aromatic heterocycles. The standard InChI is InChI=1S/C15H41N3O7Si4/c1-11-16(6)19-29(21-18(14-4)15-5)23-26(7)22-27(8,9)24-28(10,25-29)20-17(12-2)13-3/h26H,11-15H2,1-10H3. The van der Waals surface area contributed by atoms with Gasteiger partial charge in [0.2, 0.25) is 0 Å². The second-order valence-corrected chi connectivity index (χ2v) is 17.9. The van der Waals surface area contributed by atoms with E-state index in [1.54, 1.807) is 10.1 Å². The van der Waals surface area contributed by atoms with Crippen LogP contribution < -0.4 is 0 Å².